The lowest BCUT2D eigenvalue weighted by atomic mass is 9.99. The molecule has 1 nitrogen and oxygen atoms in total. The summed E-state index contributed by atoms with van der Waals surface area (Å²) in [6.07, 6.45) is 4.48. The fourth-order valence-corrected chi connectivity index (χ4v) is 1.96. The van der Waals surface area contributed by atoms with E-state index in [2.05, 4.69) is 36.2 Å². The van der Waals surface area contributed by atoms with Crippen molar-refractivity contribution in [2.45, 2.75) is 18.9 Å². The minimum Gasteiger partial charge on any atom is -0.310 e. The summed E-state index contributed by atoms with van der Waals surface area (Å²) in [7, 11) is 0. The molecule has 0 bridgehead atoms. The summed E-state index contributed by atoms with van der Waals surface area (Å²) in [4.78, 5) is 0. The van der Waals surface area contributed by atoms with Crippen molar-refractivity contribution in [1.29, 1.82) is 0 Å². The summed E-state index contributed by atoms with van der Waals surface area (Å²) in [5, 5.41) is 3.50. The van der Waals surface area contributed by atoms with Crippen LogP contribution in [-0.2, 0) is 0 Å². The summed E-state index contributed by atoms with van der Waals surface area (Å²) in [6, 6.07) is 9.04. The molecule has 1 N–H and O–H groups in total. The first-order valence-electron chi connectivity index (χ1n) is 4.86. The second kappa shape index (κ2) is 3.75. The highest BCUT2D eigenvalue weighted by Crippen LogP contribution is 2.26. The summed E-state index contributed by atoms with van der Waals surface area (Å²) >= 11 is 0. The van der Waals surface area contributed by atoms with Crippen LogP contribution in [-0.4, -0.2) is 6.54 Å². The summed E-state index contributed by atoms with van der Waals surface area (Å²) in [5.74, 6) is 0. The number of benzene rings is 1. The van der Waals surface area contributed by atoms with Crippen LogP contribution in [0.1, 0.15) is 30.0 Å². The van der Waals surface area contributed by atoms with Gasteiger partial charge in [-0.05, 0) is 30.5 Å². The molecule has 0 aliphatic carbocycles. The van der Waals surface area contributed by atoms with Gasteiger partial charge in [0.1, 0.15) is 0 Å². The maximum atomic E-state index is 3.84. The Morgan fingerprint density at radius 1 is 1.38 bits per heavy atom. The van der Waals surface area contributed by atoms with Crippen LogP contribution in [0.2, 0.25) is 0 Å². The van der Waals surface area contributed by atoms with Gasteiger partial charge in [-0.25, -0.2) is 0 Å². The molecule has 1 aromatic carbocycles. The molecule has 1 heteroatoms. The third-order valence-corrected chi connectivity index (χ3v) is 2.65. The molecule has 1 fully saturated rings. The van der Waals surface area contributed by atoms with Crippen LogP contribution < -0.4 is 5.32 Å². The highest BCUT2D eigenvalue weighted by atomic mass is 14.9. The van der Waals surface area contributed by atoms with Gasteiger partial charge in [0.2, 0.25) is 0 Å². The predicted molar refractivity (Wildman–Crippen MR) is 56.5 cm³/mol. The fraction of sp³-hybridized carbons (Fsp3) is 0.333. The van der Waals surface area contributed by atoms with Crippen molar-refractivity contribution >= 4 is 6.08 Å². The van der Waals surface area contributed by atoms with Gasteiger partial charge in [0.15, 0.2) is 0 Å². The van der Waals surface area contributed by atoms with Gasteiger partial charge in [-0.15, -0.1) is 0 Å². The van der Waals surface area contributed by atoms with E-state index in [0.717, 1.165) is 6.54 Å². The van der Waals surface area contributed by atoms with E-state index < -0.39 is 0 Å². The molecule has 1 atom stereocenters. The van der Waals surface area contributed by atoms with Crippen LogP contribution in [0.3, 0.4) is 0 Å². The first-order valence-corrected chi connectivity index (χ1v) is 4.86. The van der Waals surface area contributed by atoms with Gasteiger partial charge in [0.05, 0.1) is 0 Å². The SMILES string of the molecule is C=Cc1ccccc1C1CCCN1. The van der Waals surface area contributed by atoms with Crippen LogP contribution in [0.15, 0.2) is 30.8 Å². The van der Waals surface area contributed by atoms with Crippen molar-refractivity contribution in [1.82, 2.24) is 5.32 Å². The Hall–Kier alpha value is -1.08. The molecule has 0 spiro atoms. The Morgan fingerprint density at radius 3 is 2.92 bits per heavy atom. The quantitative estimate of drug-likeness (QED) is 0.725. The van der Waals surface area contributed by atoms with E-state index in [9.17, 15) is 0 Å². The van der Waals surface area contributed by atoms with Crippen LogP contribution in [0.4, 0.5) is 0 Å². The van der Waals surface area contributed by atoms with Gasteiger partial charge < -0.3 is 5.32 Å². The highest BCUT2D eigenvalue weighted by Gasteiger charge is 2.17. The van der Waals surface area contributed by atoms with Crippen LogP contribution >= 0.6 is 0 Å². The molecule has 1 heterocycles. The number of hydrogen-bond acceptors (Lipinski definition) is 1. The molecule has 0 saturated carbocycles. The fourth-order valence-electron chi connectivity index (χ4n) is 1.96. The molecule has 1 aliphatic heterocycles. The van der Waals surface area contributed by atoms with Gasteiger partial charge in [0.25, 0.3) is 0 Å². The minimum atomic E-state index is 0.550. The average molecular weight is 173 g/mol. The van der Waals surface area contributed by atoms with Crippen LogP contribution in [0, 0.1) is 0 Å². The summed E-state index contributed by atoms with van der Waals surface area (Å²) in [5.41, 5.74) is 2.66. The van der Waals surface area contributed by atoms with Crippen molar-refractivity contribution in [2.24, 2.45) is 0 Å². The topological polar surface area (TPSA) is 12.0 Å². The summed E-state index contributed by atoms with van der Waals surface area (Å²) in [6.45, 7) is 4.98. The second-order valence-corrected chi connectivity index (χ2v) is 3.48. The third-order valence-electron chi connectivity index (χ3n) is 2.65. The standard InChI is InChI=1S/C12H15N/c1-2-10-6-3-4-7-11(10)12-8-5-9-13-12/h2-4,6-7,12-13H,1,5,8-9H2. The van der Waals surface area contributed by atoms with E-state index in [1.165, 1.54) is 24.0 Å². The van der Waals surface area contributed by atoms with Gasteiger partial charge in [-0.3, -0.25) is 0 Å². The molecule has 0 aromatic heterocycles. The largest absolute Gasteiger partial charge is 0.310 e. The molecule has 2 rings (SSSR count). The Balaban J connectivity index is 2.31. The molecule has 13 heavy (non-hydrogen) atoms. The van der Waals surface area contributed by atoms with Crippen molar-refractivity contribution in [2.75, 3.05) is 6.54 Å². The number of nitrogens with one attached hydrogen (secondary N) is 1. The monoisotopic (exact) mass is 173 g/mol. The predicted octanol–water partition coefficient (Wildman–Crippen LogP) is 2.75. The van der Waals surface area contributed by atoms with E-state index in [0.29, 0.717) is 6.04 Å². The molecule has 1 saturated heterocycles. The highest BCUT2D eigenvalue weighted by molar-refractivity contribution is 5.52. The van der Waals surface area contributed by atoms with Crippen molar-refractivity contribution in [3.05, 3.63) is 42.0 Å². The molecule has 0 amide bonds. The van der Waals surface area contributed by atoms with Crippen LogP contribution in [0.25, 0.3) is 6.08 Å². The lowest BCUT2D eigenvalue weighted by Crippen LogP contribution is -2.13. The minimum absolute atomic E-state index is 0.550. The molecule has 1 aliphatic rings. The lowest BCUT2D eigenvalue weighted by Gasteiger charge is -2.13. The molecule has 0 radical (unpaired) electrons. The molecule has 1 aromatic rings. The van der Waals surface area contributed by atoms with Gasteiger partial charge in [-0.2, -0.15) is 0 Å². The number of rotatable bonds is 2. The Morgan fingerprint density at radius 2 is 2.23 bits per heavy atom. The van der Waals surface area contributed by atoms with E-state index in [-0.39, 0.29) is 0 Å². The van der Waals surface area contributed by atoms with Crippen molar-refractivity contribution in [3.63, 3.8) is 0 Å². The molecular weight excluding hydrogens is 158 g/mol. The molecular formula is C12H15N. The van der Waals surface area contributed by atoms with E-state index in [1.54, 1.807) is 0 Å². The van der Waals surface area contributed by atoms with Gasteiger partial charge in [0, 0.05) is 6.04 Å². The molecule has 1 unspecified atom stereocenters. The van der Waals surface area contributed by atoms with Gasteiger partial charge >= 0.3 is 0 Å². The van der Waals surface area contributed by atoms with E-state index in [1.807, 2.05) is 6.08 Å². The normalized spacial score (nSPS) is 21.7. The average Bonchev–Trinajstić information content (AvgIpc) is 2.70. The number of hydrogen-bond donors (Lipinski definition) is 1. The van der Waals surface area contributed by atoms with E-state index >= 15 is 0 Å². The smallest absolute Gasteiger partial charge is 0.0326 e. The van der Waals surface area contributed by atoms with Crippen molar-refractivity contribution < 1.29 is 0 Å². The maximum Gasteiger partial charge on any atom is 0.0326 e. The molecule has 68 valence electrons. The maximum absolute atomic E-state index is 3.84. The Bertz CT molecular complexity index is 298. The van der Waals surface area contributed by atoms with Crippen molar-refractivity contribution in [3.8, 4) is 0 Å². The van der Waals surface area contributed by atoms with Gasteiger partial charge in [-0.1, -0.05) is 36.9 Å². The van der Waals surface area contributed by atoms with Crippen LogP contribution in [0.5, 0.6) is 0 Å². The lowest BCUT2D eigenvalue weighted by molar-refractivity contribution is 0.647. The zero-order chi connectivity index (χ0) is 9.10. The van der Waals surface area contributed by atoms with E-state index in [4.69, 9.17) is 0 Å². The second-order valence-electron chi connectivity index (χ2n) is 3.48. The Kier molecular flexibility index (Phi) is 2.46. The zero-order valence-corrected chi connectivity index (χ0v) is 7.79. The Labute approximate surface area is 79.5 Å². The first kappa shape index (κ1) is 8.52. The first-order chi connectivity index (χ1) is 6.42. The zero-order valence-electron chi connectivity index (χ0n) is 7.79. The summed E-state index contributed by atoms with van der Waals surface area (Å²) < 4.78 is 0. The third kappa shape index (κ3) is 1.65.